The van der Waals surface area contributed by atoms with Gasteiger partial charge in [0.2, 0.25) is 5.95 Å². The lowest BCUT2D eigenvalue weighted by Crippen LogP contribution is -1.94. The minimum Gasteiger partial charge on any atom is -0.238 e. The molecule has 3 aromatic heterocycles. The van der Waals surface area contributed by atoms with Gasteiger partial charge in [-0.25, -0.2) is 9.50 Å². The molecule has 0 spiro atoms. The van der Waals surface area contributed by atoms with E-state index in [-0.39, 0.29) is 0 Å². The molecule has 3 rings (SSSR count). The van der Waals surface area contributed by atoms with Crippen LogP contribution in [0.1, 0.15) is 12.5 Å². The minimum absolute atomic E-state index is 0.420. The van der Waals surface area contributed by atoms with Gasteiger partial charge in [-0.3, -0.25) is 0 Å². The number of allylic oxidation sites excluding steroid dienone is 4. The second-order valence-electron chi connectivity index (χ2n) is 5.61. The van der Waals surface area contributed by atoms with E-state index in [9.17, 15) is 14.9 Å². The van der Waals surface area contributed by atoms with Crippen molar-refractivity contribution in [1.82, 2.24) is 14.6 Å². The van der Waals surface area contributed by atoms with Gasteiger partial charge in [-0.1, -0.05) is 30.5 Å². The average molecular weight is 387 g/mol. The van der Waals surface area contributed by atoms with Crippen LogP contribution in [0.4, 0.5) is 4.39 Å². The highest BCUT2D eigenvalue weighted by molar-refractivity contribution is 8.03. The lowest BCUT2D eigenvalue weighted by atomic mass is 10.1. The minimum atomic E-state index is -0.562. The molecule has 0 fully saturated rings. The molecular formula is C21H14FN5S. The molecule has 0 aliphatic carbocycles. The van der Waals surface area contributed by atoms with Gasteiger partial charge in [0.25, 0.3) is 0 Å². The summed E-state index contributed by atoms with van der Waals surface area (Å²) in [6.45, 7) is 5.50. The van der Waals surface area contributed by atoms with Gasteiger partial charge < -0.3 is 0 Å². The first-order chi connectivity index (χ1) is 13.6. The average Bonchev–Trinajstić information content (AvgIpc) is 3.13. The van der Waals surface area contributed by atoms with E-state index < -0.39 is 5.95 Å². The van der Waals surface area contributed by atoms with Crippen LogP contribution in [0.5, 0.6) is 0 Å². The third-order valence-corrected chi connectivity index (χ3v) is 5.03. The highest BCUT2D eigenvalue weighted by Gasteiger charge is 2.15. The number of thioether (sulfide) groups is 1. The number of nitriles is 2. The van der Waals surface area contributed by atoms with Gasteiger partial charge in [-0.2, -0.15) is 20.0 Å². The Morgan fingerprint density at radius 2 is 2.11 bits per heavy atom. The maximum Gasteiger partial charge on any atom is 0.212 e. The van der Waals surface area contributed by atoms with Crippen molar-refractivity contribution < 1.29 is 4.39 Å². The highest BCUT2D eigenvalue weighted by Crippen LogP contribution is 2.37. The molecule has 136 valence electrons. The number of fused-ring (bicyclic) bond motifs is 1. The quantitative estimate of drug-likeness (QED) is 0.265. The summed E-state index contributed by atoms with van der Waals surface area (Å²) in [5.41, 5.74) is 3.01. The normalized spacial score (nSPS) is 11.9. The van der Waals surface area contributed by atoms with Gasteiger partial charge in [0, 0.05) is 33.3 Å². The van der Waals surface area contributed by atoms with Crippen molar-refractivity contribution in [2.45, 2.75) is 11.8 Å². The first kappa shape index (κ1) is 19.1. The third-order valence-electron chi connectivity index (χ3n) is 3.92. The van der Waals surface area contributed by atoms with Crippen molar-refractivity contribution in [3.63, 3.8) is 0 Å². The topological polar surface area (TPSA) is 77.8 Å². The van der Waals surface area contributed by atoms with Crippen molar-refractivity contribution in [3.8, 4) is 23.3 Å². The number of hydrogen-bond acceptors (Lipinski definition) is 5. The van der Waals surface area contributed by atoms with Crippen LogP contribution in [-0.2, 0) is 0 Å². The summed E-state index contributed by atoms with van der Waals surface area (Å²) in [5, 5.41) is 23.1. The number of aromatic nitrogens is 3. The van der Waals surface area contributed by atoms with Crippen LogP contribution in [0.3, 0.4) is 0 Å². The standard InChI is InChI=1S/C21H14FN5S/c1-3-5-18(14(4-2)9-23)28-19-8-16(15-6-7-20(22)25-11-15)13-27-21(19)17(10-24)12-26-27/h3-8,11-13H,1H2,2H3/b14-4-,18-5+. The molecule has 0 unspecified atom stereocenters. The van der Waals surface area contributed by atoms with Crippen molar-refractivity contribution in [1.29, 1.82) is 10.5 Å². The fourth-order valence-corrected chi connectivity index (χ4v) is 3.78. The zero-order chi connectivity index (χ0) is 20.1. The van der Waals surface area contributed by atoms with Gasteiger partial charge in [-0.15, -0.1) is 0 Å². The maximum atomic E-state index is 13.2. The molecule has 3 heterocycles. The fraction of sp³-hybridized carbons (Fsp3) is 0.0476. The lowest BCUT2D eigenvalue weighted by Gasteiger charge is -2.10. The van der Waals surface area contributed by atoms with E-state index >= 15 is 0 Å². The molecule has 0 N–H and O–H groups in total. The van der Waals surface area contributed by atoms with E-state index in [0.29, 0.717) is 27.1 Å². The van der Waals surface area contributed by atoms with E-state index in [0.717, 1.165) is 10.5 Å². The Morgan fingerprint density at radius 1 is 1.29 bits per heavy atom. The number of rotatable bonds is 5. The molecule has 3 aromatic rings. The summed E-state index contributed by atoms with van der Waals surface area (Å²) in [6, 6.07) is 9.09. The van der Waals surface area contributed by atoms with Gasteiger partial charge >= 0.3 is 0 Å². The molecule has 5 nitrogen and oxygen atoms in total. The van der Waals surface area contributed by atoms with Gasteiger partial charge in [0.05, 0.1) is 28.9 Å². The summed E-state index contributed by atoms with van der Waals surface area (Å²) >= 11 is 1.34. The molecule has 0 aromatic carbocycles. The molecular weight excluding hydrogens is 373 g/mol. The SMILES string of the molecule is C=C/C=C(Sc1cc(-c2ccc(F)nc2)cn2ncc(C#N)c12)\C(C#N)=C/C. The van der Waals surface area contributed by atoms with E-state index in [1.165, 1.54) is 30.2 Å². The molecule has 0 amide bonds. The van der Waals surface area contributed by atoms with Crippen LogP contribution in [0, 0.1) is 28.6 Å². The molecule has 0 atom stereocenters. The Balaban J connectivity index is 2.21. The molecule has 0 saturated carbocycles. The van der Waals surface area contributed by atoms with E-state index in [4.69, 9.17) is 0 Å². The van der Waals surface area contributed by atoms with Crippen molar-refractivity contribution in [3.05, 3.63) is 83.6 Å². The first-order valence-corrected chi connectivity index (χ1v) is 9.03. The van der Waals surface area contributed by atoms with Crippen LogP contribution in [0.15, 0.2) is 77.0 Å². The number of hydrogen-bond donors (Lipinski definition) is 0. The number of nitrogens with zero attached hydrogens (tertiary/aromatic N) is 5. The van der Waals surface area contributed by atoms with Gasteiger partial charge in [0.15, 0.2) is 0 Å². The zero-order valence-corrected chi connectivity index (χ0v) is 15.7. The van der Waals surface area contributed by atoms with Gasteiger partial charge in [-0.05, 0) is 31.2 Å². The van der Waals surface area contributed by atoms with Crippen LogP contribution in [-0.4, -0.2) is 14.6 Å². The van der Waals surface area contributed by atoms with Gasteiger partial charge in [0.1, 0.15) is 6.07 Å². The van der Waals surface area contributed by atoms with Crippen LogP contribution < -0.4 is 0 Å². The highest BCUT2D eigenvalue weighted by atomic mass is 32.2. The Kier molecular flexibility index (Phi) is 5.69. The van der Waals surface area contributed by atoms with E-state index in [2.05, 4.69) is 28.8 Å². The summed E-state index contributed by atoms with van der Waals surface area (Å²) in [6.07, 6.45) is 9.75. The maximum absolute atomic E-state index is 13.2. The predicted molar refractivity (Wildman–Crippen MR) is 107 cm³/mol. The van der Waals surface area contributed by atoms with E-state index in [1.807, 2.05) is 6.07 Å². The van der Waals surface area contributed by atoms with Crippen LogP contribution in [0.25, 0.3) is 16.6 Å². The Bertz CT molecular complexity index is 1190. The second-order valence-corrected chi connectivity index (χ2v) is 6.69. The largest absolute Gasteiger partial charge is 0.238 e. The predicted octanol–water partition coefficient (Wildman–Crippen LogP) is 5.04. The summed E-state index contributed by atoms with van der Waals surface area (Å²) in [4.78, 5) is 5.13. The lowest BCUT2D eigenvalue weighted by molar-refractivity contribution is 0.584. The first-order valence-electron chi connectivity index (χ1n) is 8.22. The molecule has 0 saturated heterocycles. The number of pyridine rings is 2. The molecule has 28 heavy (non-hydrogen) atoms. The molecule has 0 radical (unpaired) electrons. The second kappa shape index (κ2) is 8.34. The number of halogens is 1. The summed E-state index contributed by atoms with van der Waals surface area (Å²) in [5.74, 6) is -0.562. The third kappa shape index (κ3) is 3.71. The van der Waals surface area contributed by atoms with Crippen molar-refractivity contribution in [2.24, 2.45) is 0 Å². The molecule has 0 aliphatic rings. The zero-order valence-electron chi connectivity index (χ0n) is 14.9. The monoisotopic (exact) mass is 387 g/mol. The van der Waals surface area contributed by atoms with Crippen LogP contribution >= 0.6 is 11.8 Å². The summed E-state index contributed by atoms with van der Waals surface area (Å²) in [7, 11) is 0. The van der Waals surface area contributed by atoms with Crippen molar-refractivity contribution in [2.75, 3.05) is 0 Å². The molecule has 0 bridgehead atoms. The summed E-state index contributed by atoms with van der Waals surface area (Å²) < 4.78 is 14.8. The fourth-order valence-electron chi connectivity index (χ4n) is 2.61. The Labute approximate surface area is 165 Å². The molecule has 7 heteroatoms. The smallest absolute Gasteiger partial charge is 0.212 e. The van der Waals surface area contributed by atoms with Crippen molar-refractivity contribution >= 4 is 17.3 Å². The van der Waals surface area contributed by atoms with Crippen LogP contribution in [0.2, 0.25) is 0 Å². The molecule has 0 aliphatic heterocycles. The Hall–Kier alpha value is -3.68. The Morgan fingerprint density at radius 3 is 2.71 bits per heavy atom. The van der Waals surface area contributed by atoms with E-state index in [1.54, 1.807) is 41.9 Å².